The van der Waals surface area contributed by atoms with Crippen LogP contribution in [0, 0.1) is 0 Å². The number of hydrogen-bond donors (Lipinski definition) is 1. The normalized spacial score (nSPS) is 27.6. The average Bonchev–Trinajstić information content (AvgIpc) is 1.89. The predicted molar refractivity (Wildman–Crippen MR) is 36.6 cm³/mol. The fourth-order valence-corrected chi connectivity index (χ4v) is 0.994. The first-order valence-corrected chi connectivity index (χ1v) is 3.34. The SMILES string of the molecule is CCN1CCOCC1O.F. The topological polar surface area (TPSA) is 32.7 Å². The molecular weight excluding hydrogens is 137 g/mol. The van der Waals surface area contributed by atoms with Gasteiger partial charge in [-0.2, -0.15) is 0 Å². The largest absolute Gasteiger partial charge is 0.376 e. The molecule has 1 N–H and O–H groups in total. The first-order chi connectivity index (χ1) is 4.34. The minimum Gasteiger partial charge on any atom is -0.376 e. The van der Waals surface area contributed by atoms with Gasteiger partial charge in [0.1, 0.15) is 6.23 Å². The molecule has 1 atom stereocenters. The Hall–Kier alpha value is -0.190. The highest BCUT2D eigenvalue weighted by atomic mass is 19.0. The van der Waals surface area contributed by atoms with Crippen LogP contribution in [0.25, 0.3) is 0 Å². The van der Waals surface area contributed by atoms with Crippen LogP contribution in [0.5, 0.6) is 0 Å². The Labute approximate surface area is 60.0 Å². The van der Waals surface area contributed by atoms with E-state index in [0.29, 0.717) is 6.61 Å². The van der Waals surface area contributed by atoms with Crippen molar-refractivity contribution in [2.24, 2.45) is 0 Å². The molecule has 3 nitrogen and oxygen atoms in total. The second kappa shape index (κ2) is 4.60. The molecule has 0 amide bonds. The number of ether oxygens (including phenoxy) is 1. The minimum atomic E-state index is -0.372. The van der Waals surface area contributed by atoms with Gasteiger partial charge in [0.15, 0.2) is 0 Å². The van der Waals surface area contributed by atoms with E-state index in [2.05, 4.69) is 0 Å². The molecule has 0 saturated carbocycles. The summed E-state index contributed by atoms with van der Waals surface area (Å²) in [4.78, 5) is 1.99. The molecule has 0 radical (unpaired) electrons. The second-order valence-corrected chi connectivity index (χ2v) is 2.18. The number of halogens is 1. The van der Waals surface area contributed by atoms with Crippen molar-refractivity contribution >= 4 is 0 Å². The van der Waals surface area contributed by atoms with Gasteiger partial charge in [0.25, 0.3) is 0 Å². The number of aliphatic hydroxyl groups is 1. The zero-order valence-corrected chi connectivity index (χ0v) is 6.12. The van der Waals surface area contributed by atoms with E-state index in [-0.39, 0.29) is 10.9 Å². The Bertz CT molecular complexity index is 91.8. The summed E-state index contributed by atoms with van der Waals surface area (Å²) >= 11 is 0. The Kier molecular flexibility index (Phi) is 4.51. The van der Waals surface area contributed by atoms with Gasteiger partial charge < -0.3 is 9.84 Å². The molecule has 0 aromatic heterocycles. The number of rotatable bonds is 1. The van der Waals surface area contributed by atoms with E-state index in [9.17, 15) is 0 Å². The van der Waals surface area contributed by atoms with E-state index in [1.54, 1.807) is 0 Å². The minimum absolute atomic E-state index is 0. The van der Waals surface area contributed by atoms with Crippen LogP contribution in [-0.2, 0) is 4.74 Å². The molecule has 10 heavy (non-hydrogen) atoms. The smallest absolute Gasteiger partial charge is 0.131 e. The van der Waals surface area contributed by atoms with Gasteiger partial charge >= 0.3 is 0 Å². The molecule has 1 aliphatic heterocycles. The Morgan fingerprint density at radius 1 is 1.70 bits per heavy atom. The number of likely N-dealkylation sites (N-methyl/N-ethyl adjacent to an activating group) is 1. The second-order valence-electron chi connectivity index (χ2n) is 2.18. The Morgan fingerprint density at radius 3 is 2.80 bits per heavy atom. The monoisotopic (exact) mass is 151 g/mol. The van der Waals surface area contributed by atoms with Crippen molar-refractivity contribution in [3.8, 4) is 0 Å². The number of morpholine rings is 1. The van der Waals surface area contributed by atoms with Gasteiger partial charge in [-0.15, -0.1) is 0 Å². The Morgan fingerprint density at radius 2 is 2.40 bits per heavy atom. The molecule has 0 spiro atoms. The quantitative estimate of drug-likeness (QED) is 0.563. The maximum absolute atomic E-state index is 9.17. The number of nitrogens with zero attached hydrogens (tertiary/aromatic N) is 1. The highest BCUT2D eigenvalue weighted by Gasteiger charge is 2.17. The van der Waals surface area contributed by atoms with Crippen molar-refractivity contribution in [3.05, 3.63) is 0 Å². The van der Waals surface area contributed by atoms with E-state index < -0.39 is 0 Å². The van der Waals surface area contributed by atoms with Gasteiger partial charge in [-0.25, -0.2) is 0 Å². The van der Waals surface area contributed by atoms with Crippen LogP contribution < -0.4 is 0 Å². The summed E-state index contributed by atoms with van der Waals surface area (Å²) in [5.74, 6) is 0. The van der Waals surface area contributed by atoms with Crippen molar-refractivity contribution in [3.63, 3.8) is 0 Å². The lowest BCUT2D eigenvalue weighted by molar-refractivity contribution is -0.103. The van der Waals surface area contributed by atoms with Crippen molar-refractivity contribution in [2.45, 2.75) is 13.2 Å². The zero-order chi connectivity index (χ0) is 6.69. The fraction of sp³-hybridized carbons (Fsp3) is 1.00. The third-order valence-corrected chi connectivity index (χ3v) is 1.62. The lowest BCUT2D eigenvalue weighted by Crippen LogP contribution is -2.44. The molecule has 0 bridgehead atoms. The summed E-state index contributed by atoms with van der Waals surface area (Å²) in [5, 5.41) is 9.17. The molecule has 0 aliphatic carbocycles. The molecule has 0 aromatic carbocycles. The van der Waals surface area contributed by atoms with Gasteiger partial charge in [-0.1, -0.05) is 6.92 Å². The summed E-state index contributed by atoms with van der Waals surface area (Å²) in [6.45, 7) is 5.02. The van der Waals surface area contributed by atoms with Gasteiger partial charge in [0, 0.05) is 6.54 Å². The molecule has 1 aliphatic rings. The molecule has 1 saturated heterocycles. The van der Waals surface area contributed by atoms with E-state index in [4.69, 9.17) is 9.84 Å². The summed E-state index contributed by atoms with van der Waals surface area (Å²) in [5.41, 5.74) is 0. The van der Waals surface area contributed by atoms with E-state index in [1.807, 2.05) is 11.8 Å². The Balaban J connectivity index is 0.000000810. The van der Waals surface area contributed by atoms with Gasteiger partial charge in [-0.3, -0.25) is 9.60 Å². The third-order valence-electron chi connectivity index (χ3n) is 1.62. The lowest BCUT2D eigenvalue weighted by atomic mass is 10.4. The number of aliphatic hydroxyl groups excluding tert-OH is 1. The highest BCUT2D eigenvalue weighted by Crippen LogP contribution is 2.01. The summed E-state index contributed by atoms with van der Waals surface area (Å²) < 4.78 is 5.02. The van der Waals surface area contributed by atoms with Crippen LogP contribution in [0.4, 0.5) is 4.70 Å². The van der Waals surface area contributed by atoms with E-state index in [0.717, 1.165) is 19.7 Å². The van der Waals surface area contributed by atoms with Gasteiger partial charge in [-0.05, 0) is 6.54 Å². The first-order valence-electron chi connectivity index (χ1n) is 3.34. The van der Waals surface area contributed by atoms with Gasteiger partial charge in [0.05, 0.1) is 13.2 Å². The summed E-state index contributed by atoms with van der Waals surface area (Å²) in [7, 11) is 0. The molecule has 0 aromatic rings. The first kappa shape index (κ1) is 9.81. The molecule has 4 heteroatoms. The van der Waals surface area contributed by atoms with Crippen molar-refractivity contribution in [1.29, 1.82) is 0 Å². The van der Waals surface area contributed by atoms with Crippen LogP contribution in [0.15, 0.2) is 0 Å². The van der Waals surface area contributed by atoms with E-state index >= 15 is 0 Å². The molecule has 1 heterocycles. The van der Waals surface area contributed by atoms with Crippen LogP contribution in [0.3, 0.4) is 0 Å². The molecule has 62 valence electrons. The van der Waals surface area contributed by atoms with Crippen molar-refractivity contribution in [2.75, 3.05) is 26.3 Å². The molecular formula is C6H14FNO2. The average molecular weight is 151 g/mol. The van der Waals surface area contributed by atoms with Crippen LogP contribution in [0.2, 0.25) is 0 Å². The maximum Gasteiger partial charge on any atom is 0.131 e. The molecule has 1 fully saturated rings. The van der Waals surface area contributed by atoms with Crippen LogP contribution >= 0.6 is 0 Å². The zero-order valence-electron chi connectivity index (χ0n) is 6.12. The standard InChI is InChI=1S/C6H13NO2.FH/c1-2-7-3-4-9-5-6(7)8;/h6,8H,2-5H2,1H3;1H. The van der Waals surface area contributed by atoms with Crippen molar-refractivity contribution in [1.82, 2.24) is 4.90 Å². The highest BCUT2D eigenvalue weighted by molar-refractivity contribution is 4.63. The van der Waals surface area contributed by atoms with E-state index in [1.165, 1.54) is 0 Å². The predicted octanol–water partition coefficient (Wildman–Crippen LogP) is -0.191. The molecule has 1 rings (SSSR count). The van der Waals surface area contributed by atoms with Gasteiger partial charge in [0.2, 0.25) is 0 Å². The summed E-state index contributed by atoms with van der Waals surface area (Å²) in [6.07, 6.45) is -0.372. The van der Waals surface area contributed by atoms with Crippen molar-refractivity contribution < 1.29 is 14.5 Å². The van der Waals surface area contributed by atoms with Crippen LogP contribution in [0.1, 0.15) is 6.92 Å². The third kappa shape index (κ3) is 2.21. The summed E-state index contributed by atoms with van der Waals surface area (Å²) in [6, 6.07) is 0. The number of hydrogen-bond acceptors (Lipinski definition) is 3. The molecule has 1 unspecified atom stereocenters. The fourth-order valence-electron chi connectivity index (χ4n) is 0.994. The lowest BCUT2D eigenvalue weighted by Gasteiger charge is -2.30. The maximum atomic E-state index is 9.17. The van der Waals surface area contributed by atoms with Crippen LogP contribution in [-0.4, -0.2) is 42.5 Å².